The molecule has 0 saturated heterocycles. The molecular weight excluding hydrogens is 181 g/mol. The molecular formula is C11H12FNO. The molecule has 0 amide bonds. The van der Waals surface area contributed by atoms with Gasteiger partial charge in [0.15, 0.2) is 0 Å². The fourth-order valence-electron chi connectivity index (χ4n) is 1.45. The van der Waals surface area contributed by atoms with E-state index in [2.05, 4.69) is 4.98 Å². The molecule has 1 aromatic carbocycles. The van der Waals surface area contributed by atoms with Crippen LogP contribution in [0.15, 0.2) is 24.3 Å². The Kier molecular flexibility index (Phi) is 1.86. The molecule has 1 aromatic heterocycles. The number of H-pyrrole nitrogens is 1. The molecule has 3 heteroatoms. The lowest BCUT2D eigenvalue weighted by atomic mass is 10.1. The lowest BCUT2D eigenvalue weighted by Gasteiger charge is -2.14. The van der Waals surface area contributed by atoms with Gasteiger partial charge in [-0.25, -0.2) is 4.39 Å². The van der Waals surface area contributed by atoms with Crippen molar-refractivity contribution in [3.05, 3.63) is 35.8 Å². The molecule has 0 bridgehead atoms. The molecule has 0 radical (unpaired) electrons. The number of fused-ring (bicyclic) bond motifs is 1. The number of aliphatic hydroxyl groups is 1. The van der Waals surface area contributed by atoms with Gasteiger partial charge >= 0.3 is 0 Å². The van der Waals surface area contributed by atoms with E-state index in [1.807, 2.05) is 0 Å². The summed E-state index contributed by atoms with van der Waals surface area (Å²) >= 11 is 0. The summed E-state index contributed by atoms with van der Waals surface area (Å²) in [5, 5.41) is 10.2. The highest BCUT2D eigenvalue weighted by molar-refractivity contribution is 5.81. The second-order valence-corrected chi connectivity index (χ2v) is 3.94. The SMILES string of the molecule is CC(C)(O)c1cc2c(F)cccc2[nH]1. The number of aromatic amines is 1. The van der Waals surface area contributed by atoms with Crippen molar-refractivity contribution in [3.63, 3.8) is 0 Å². The van der Waals surface area contributed by atoms with Crippen molar-refractivity contribution >= 4 is 10.9 Å². The lowest BCUT2D eigenvalue weighted by Crippen LogP contribution is -2.15. The molecule has 0 saturated carbocycles. The van der Waals surface area contributed by atoms with Crippen LogP contribution in [0.5, 0.6) is 0 Å². The van der Waals surface area contributed by atoms with Crippen molar-refractivity contribution in [2.24, 2.45) is 0 Å². The van der Waals surface area contributed by atoms with Crippen LogP contribution in [0.3, 0.4) is 0 Å². The summed E-state index contributed by atoms with van der Waals surface area (Å²) in [6.45, 7) is 3.32. The van der Waals surface area contributed by atoms with E-state index in [0.29, 0.717) is 16.6 Å². The van der Waals surface area contributed by atoms with E-state index >= 15 is 0 Å². The highest BCUT2D eigenvalue weighted by Crippen LogP contribution is 2.25. The number of hydrogen-bond acceptors (Lipinski definition) is 1. The minimum atomic E-state index is -0.967. The fraction of sp³-hybridized carbons (Fsp3) is 0.273. The molecule has 0 aliphatic rings. The fourth-order valence-corrected chi connectivity index (χ4v) is 1.45. The third-order valence-corrected chi connectivity index (χ3v) is 2.27. The smallest absolute Gasteiger partial charge is 0.132 e. The van der Waals surface area contributed by atoms with E-state index in [4.69, 9.17) is 0 Å². The molecule has 2 rings (SSSR count). The second-order valence-electron chi connectivity index (χ2n) is 3.94. The Labute approximate surface area is 81.4 Å². The average Bonchev–Trinajstić information content (AvgIpc) is 2.48. The molecule has 0 spiro atoms. The monoisotopic (exact) mass is 193 g/mol. The zero-order valence-electron chi connectivity index (χ0n) is 8.13. The minimum absolute atomic E-state index is 0.269. The zero-order chi connectivity index (χ0) is 10.3. The van der Waals surface area contributed by atoms with Gasteiger partial charge in [-0.05, 0) is 32.0 Å². The Morgan fingerprint density at radius 2 is 2.07 bits per heavy atom. The van der Waals surface area contributed by atoms with Crippen molar-refractivity contribution in [1.82, 2.24) is 4.98 Å². The van der Waals surface area contributed by atoms with Crippen LogP contribution in [0, 0.1) is 5.82 Å². The van der Waals surface area contributed by atoms with Crippen LogP contribution in [0.25, 0.3) is 10.9 Å². The Hall–Kier alpha value is -1.35. The molecule has 0 unspecified atom stereocenters. The maximum absolute atomic E-state index is 13.3. The van der Waals surface area contributed by atoms with Gasteiger partial charge in [-0.3, -0.25) is 0 Å². The molecule has 74 valence electrons. The number of aromatic nitrogens is 1. The van der Waals surface area contributed by atoms with Crippen LogP contribution in [-0.4, -0.2) is 10.1 Å². The Balaban J connectivity index is 2.69. The van der Waals surface area contributed by atoms with Gasteiger partial charge in [0.1, 0.15) is 5.82 Å². The van der Waals surface area contributed by atoms with Gasteiger partial charge in [0.2, 0.25) is 0 Å². The molecule has 2 N–H and O–H groups in total. The van der Waals surface area contributed by atoms with Crippen LogP contribution in [0.4, 0.5) is 4.39 Å². The average molecular weight is 193 g/mol. The standard InChI is InChI=1S/C11H12FNO/c1-11(2,14)10-6-7-8(12)4-3-5-9(7)13-10/h3-6,13-14H,1-2H3. The van der Waals surface area contributed by atoms with Crippen molar-refractivity contribution in [2.75, 3.05) is 0 Å². The second kappa shape index (κ2) is 2.82. The van der Waals surface area contributed by atoms with E-state index in [1.165, 1.54) is 6.07 Å². The first-order valence-electron chi connectivity index (χ1n) is 4.48. The lowest BCUT2D eigenvalue weighted by molar-refractivity contribution is 0.0747. The number of benzene rings is 1. The molecule has 14 heavy (non-hydrogen) atoms. The highest BCUT2D eigenvalue weighted by atomic mass is 19.1. The van der Waals surface area contributed by atoms with Gasteiger partial charge < -0.3 is 10.1 Å². The Morgan fingerprint density at radius 1 is 1.36 bits per heavy atom. The van der Waals surface area contributed by atoms with Gasteiger partial charge in [-0.2, -0.15) is 0 Å². The largest absolute Gasteiger partial charge is 0.384 e. The minimum Gasteiger partial charge on any atom is -0.384 e. The van der Waals surface area contributed by atoms with Crippen LogP contribution >= 0.6 is 0 Å². The number of hydrogen-bond donors (Lipinski definition) is 2. The van der Waals surface area contributed by atoms with E-state index in [1.54, 1.807) is 32.0 Å². The predicted octanol–water partition coefficient (Wildman–Crippen LogP) is 2.53. The van der Waals surface area contributed by atoms with Crippen molar-refractivity contribution < 1.29 is 9.50 Å². The summed E-state index contributed by atoms with van der Waals surface area (Å²) in [6.07, 6.45) is 0. The summed E-state index contributed by atoms with van der Waals surface area (Å²) < 4.78 is 13.3. The van der Waals surface area contributed by atoms with E-state index < -0.39 is 5.60 Å². The molecule has 2 aromatic rings. The molecule has 2 nitrogen and oxygen atoms in total. The summed E-state index contributed by atoms with van der Waals surface area (Å²) in [5.74, 6) is -0.269. The topological polar surface area (TPSA) is 36.0 Å². The van der Waals surface area contributed by atoms with Crippen LogP contribution in [-0.2, 0) is 5.60 Å². The van der Waals surface area contributed by atoms with E-state index in [-0.39, 0.29) is 5.82 Å². The van der Waals surface area contributed by atoms with Gasteiger partial charge in [0, 0.05) is 16.6 Å². The first-order valence-corrected chi connectivity index (χ1v) is 4.48. The number of nitrogens with one attached hydrogen (secondary N) is 1. The van der Waals surface area contributed by atoms with Gasteiger partial charge in [0.25, 0.3) is 0 Å². The number of halogens is 1. The Morgan fingerprint density at radius 3 is 2.64 bits per heavy atom. The third-order valence-electron chi connectivity index (χ3n) is 2.27. The highest BCUT2D eigenvalue weighted by Gasteiger charge is 2.19. The maximum atomic E-state index is 13.3. The molecule has 1 heterocycles. The molecule has 0 fully saturated rings. The zero-order valence-corrected chi connectivity index (χ0v) is 8.13. The van der Waals surface area contributed by atoms with Crippen LogP contribution in [0.1, 0.15) is 19.5 Å². The normalized spacial score (nSPS) is 12.3. The van der Waals surface area contributed by atoms with Gasteiger partial charge in [-0.1, -0.05) is 6.07 Å². The molecule has 0 aliphatic heterocycles. The van der Waals surface area contributed by atoms with Crippen molar-refractivity contribution in [2.45, 2.75) is 19.4 Å². The first kappa shape index (κ1) is 9.21. The molecule has 0 aliphatic carbocycles. The van der Waals surface area contributed by atoms with Crippen molar-refractivity contribution in [1.29, 1.82) is 0 Å². The van der Waals surface area contributed by atoms with Crippen LogP contribution in [0.2, 0.25) is 0 Å². The summed E-state index contributed by atoms with van der Waals surface area (Å²) in [7, 11) is 0. The predicted molar refractivity (Wildman–Crippen MR) is 53.5 cm³/mol. The maximum Gasteiger partial charge on any atom is 0.132 e. The van der Waals surface area contributed by atoms with E-state index in [0.717, 1.165) is 0 Å². The van der Waals surface area contributed by atoms with E-state index in [9.17, 15) is 9.50 Å². The van der Waals surface area contributed by atoms with Gasteiger partial charge in [-0.15, -0.1) is 0 Å². The first-order chi connectivity index (χ1) is 6.48. The summed E-state index contributed by atoms with van der Waals surface area (Å²) in [4.78, 5) is 2.99. The summed E-state index contributed by atoms with van der Waals surface area (Å²) in [5.41, 5.74) is 0.366. The quantitative estimate of drug-likeness (QED) is 0.717. The van der Waals surface area contributed by atoms with Gasteiger partial charge in [0.05, 0.1) is 5.60 Å². The van der Waals surface area contributed by atoms with Crippen LogP contribution < -0.4 is 0 Å². The summed E-state index contributed by atoms with van der Waals surface area (Å²) in [6, 6.07) is 6.48. The molecule has 0 atom stereocenters. The Bertz CT molecular complexity index is 468. The third kappa shape index (κ3) is 1.40. The number of rotatable bonds is 1. The van der Waals surface area contributed by atoms with Crippen molar-refractivity contribution in [3.8, 4) is 0 Å².